The second kappa shape index (κ2) is 7.12. The Kier molecular flexibility index (Phi) is 3.88. The van der Waals surface area contributed by atoms with Gasteiger partial charge in [-0.2, -0.15) is 0 Å². The van der Waals surface area contributed by atoms with Gasteiger partial charge >= 0.3 is 0 Å². The largest absolute Gasteiger partial charge is 0.353 e. The maximum atomic E-state index is 5.23. The second-order valence-corrected chi connectivity index (χ2v) is 10.4. The molecule has 1 N–H and O–H groups in total. The molecule has 3 heterocycles. The van der Waals surface area contributed by atoms with Crippen LogP contribution in [0.15, 0.2) is 109 Å². The lowest BCUT2D eigenvalue weighted by atomic mass is 10.0. The lowest BCUT2D eigenvalue weighted by Crippen LogP contribution is -1.84. The van der Waals surface area contributed by atoms with E-state index in [-0.39, 0.29) is 0 Å². The highest BCUT2D eigenvalue weighted by atomic mass is 31.0. The zero-order valence-electron chi connectivity index (χ0n) is 18.8. The van der Waals surface area contributed by atoms with Gasteiger partial charge in [-0.25, -0.2) is 4.98 Å². The number of fused-ring (bicyclic) bond motifs is 8. The second-order valence-electron chi connectivity index (χ2n) is 9.18. The molecule has 0 atom stereocenters. The van der Waals surface area contributed by atoms with Crippen LogP contribution < -0.4 is 0 Å². The molecule has 0 aliphatic heterocycles. The number of aromatic nitrogens is 2. The van der Waals surface area contributed by atoms with Crippen molar-refractivity contribution in [1.82, 2.24) is 9.97 Å². The van der Waals surface area contributed by atoms with Gasteiger partial charge in [-0.3, -0.25) is 0 Å². The standard InChI is InChI=1S/C32H19N2P/c1-3-10-27-20(6-1)17-22-12-14-26-25-9-5-8-24(31(25)34-32(26)30(22)33-27)19-13-15-29-23(16-19)18-21-7-2-4-11-28(21)35-29/h1-18,33H. The summed E-state index contributed by atoms with van der Waals surface area (Å²) in [6, 6.07) is 39.5. The SMILES string of the molecule is c1ccc2[nH]c3c(ccc4c5cccc(-c6ccc7pc8ccccc8cc7c6)c5nc43)cc2c1. The van der Waals surface area contributed by atoms with E-state index in [1.165, 1.54) is 61.9 Å². The highest BCUT2D eigenvalue weighted by Crippen LogP contribution is 2.39. The van der Waals surface area contributed by atoms with Crippen molar-refractivity contribution in [1.29, 1.82) is 0 Å². The van der Waals surface area contributed by atoms with Crippen molar-refractivity contribution >= 4 is 72.8 Å². The van der Waals surface area contributed by atoms with E-state index in [0.29, 0.717) is 0 Å². The van der Waals surface area contributed by atoms with Crippen LogP contribution >= 0.6 is 8.19 Å². The molecule has 0 amide bonds. The van der Waals surface area contributed by atoms with Gasteiger partial charge in [0.05, 0.1) is 16.6 Å². The minimum atomic E-state index is 1.03. The lowest BCUT2D eigenvalue weighted by molar-refractivity contribution is 1.48. The number of para-hydroxylation sites is 2. The molecule has 8 aromatic rings. The highest BCUT2D eigenvalue weighted by Gasteiger charge is 2.14. The third-order valence-corrected chi connectivity index (χ3v) is 8.41. The molecule has 5 aromatic carbocycles. The predicted octanol–water partition coefficient (Wildman–Crippen LogP) is 9.58. The number of aromatic amines is 1. The summed E-state index contributed by atoms with van der Waals surface area (Å²) in [5.74, 6) is 0. The fourth-order valence-electron chi connectivity index (χ4n) is 5.41. The number of hydrogen-bond acceptors (Lipinski definition) is 1. The summed E-state index contributed by atoms with van der Waals surface area (Å²) in [5.41, 5.74) is 6.71. The van der Waals surface area contributed by atoms with Crippen molar-refractivity contribution in [3.05, 3.63) is 109 Å². The Bertz CT molecular complexity index is 2120. The molecule has 8 rings (SSSR count). The first kappa shape index (κ1) is 19.1. The van der Waals surface area contributed by atoms with Crippen molar-refractivity contribution < 1.29 is 0 Å². The van der Waals surface area contributed by atoms with Crippen LogP contribution in [0.5, 0.6) is 0 Å². The van der Waals surface area contributed by atoms with Gasteiger partial charge in [0.2, 0.25) is 0 Å². The number of H-pyrrole nitrogens is 1. The van der Waals surface area contributed by atoms with Gasteiger partial charge < -0.3 is 4.98 Å². The average molecular weight is 462 g/mol. The highest BCUT2D eigenvalue weighted by molar-refractivity contribution is 7.43. The van der Waals surface area contributed by atoms with Crippen LogP contribution in [-0.4, -0.2) is 9.97 Å². The van der Waals surface area contributed by atoms with Gasteiger partial charge in [0.25, 0.3) is 0 Å². The van der Waals surface area contributed by atoms with Crippen molar-refractivity contribution in [2.24, 2.45) is 0 Å². The zero-order valence-corrected chi connectivity index (χ0v) is 19.7. The molecule has 0 bridgehead atoms. The van der Waals surface area contributed by atoms with Crippen LogP contribution in [0.1, 0.15) is 0 Å². The average Bonchev–Trinajstić information content (AvgIpc) is 3.30. The van der Waals surface area contributed by atoms with Crippen LogP contribution in [0, 0.1) is 0 Å². The third-order valence-electron chi connectivity index (χ3n) is 7.12. The van der Waals surface area contributed by atoms with Crippen molar-refractivity contribution in [3.63, 3.8) is 0 Å². The van der Waals surface area contributed by atoms with Crippen LogP contribution in [0.25, 0.3) is 75.7 Å². The summed E-state index contributed by atoms with van der Waals surface area (Å²) in [6.45, 7) is 0. The van der Waals surface area contributed by atoms with Gasteiger partial charge in [0, 0.05) is 37.5 Å². The monoisotopic (exact) mass is 462 g/mol. The molecule has 0 saturated carbocycles. The number of hydrogen-bond donors (Lipinski definition) is 1. The Morgan fingerprint density at radius 2 is 1.34 bits per heavy atom. The minimum Gasteiger partial charge on any atom is -0.353 e. The van der Waals surface area contributed by atoms with Gasteiger partial charge in [-0.15, -0.1) is 0 Å². The van der Waals surface area contributed by atoms with Crippen LogP contribution in [-0.2, 0) is 0 Å². The van der Waals surface area contributed by atoms with E-state index < -0.39 is 0 Å². The summed E-state index contributed by atoms with van der Waals surface area (Å²) in [4.78, 5) is 8.89. The molecule has 0 spiro atoms. The number of nitrogens with one attached hydrogen (secondary N) is 1. The summed E-state index contributed by atoms with van der Waals surface area (Å²) < 4.78 is 0. The van der Waals surface area contributed by atoms with Gasteiger partial charge in [0.15, 0.2) is 0 Å². The lowest BCUT2D eigenvalue weighted by Gasteiger charge is -2.07. The summed E-state index contributed by atoms with van der Waals surface area (Å²) in [7, 11) is 1.27. The van der Waals surface area contributed by atoms with E-state index >= 15 is 0 Å². The molecule has 2 nitrogen and oxygen atoms in total. The quantitative estimate of drug-likeness (QED) is 0.242. The Hall–Kier alpha value is -4.26. The molecule has 3 aromatic heterocycles. The maximum absolute atomic E-state index is 5.23. The fourth-order valence-corrected chi connectivity index (χ4v) is 6.50. The van der Waals surface area contributed by atoms with E-state index in [0.717, 1.165) is 22.1 Å². The predicted molar refractivity (Wildman–Crippen MR) is 152 cm³/mol. The van der Waals surface area contributed by atoms with Crippen molar-refractivity contribution in [3.8, 4) is 11.1 Å². The molecule has 0 unspecified atom stereocenters. The summed E-state index contributed by atoms with van der Waals surface area (Å²) in [6.07, 6.45) is 0. The Morgan fingerprint density at radius 3 is 2.31 bits per heavy atom. The molecule has 162 valence electrons. The number of rotatable bonds is 1. The first-order valence-electron chi connectivity index (χ1n) is 11.8. The fraction of sp³-hybridized carbons (Fsp3) is 0. The van der Waals surface area contributed by atoms with Gasteiger partial charge in [-0.05, 0) is 58.1 Å². The molecule has 0 fully saturated rings. The van der Waals surface area contributed by atoms with E-state index in [9.17, 15) is 0 Å². The number of benzene rings is 5. The zero-order chi connectivity index (χ0) is 22.9. The van der Waals surface area contributed by atoms with E-state index in [4.69, 9.17) is 4.98 Å². The number of nitrogens with zero attached hydrogens (tertiary/aromatic N) is 1. The Labute approximate surface area is 203 Å². The van der Waals surface area contributed by atoms with Crippen molar-refractivity contribution in [2.45, 2.75) is 0 Å². The molecule has 35 heavy (non-hydrogen) atoms. The summed E-state index contributed by atoms with van der Waals surface area (Å²) in [5, 5.41) is 10.1. The first-order chi connectivity index (χ1) is 17.3. The molecule has 3 heteroatoms. The Balaban J connectivity index is 1.40. The van der Waals surface area contributed by atoms with Crippen LogP contribution in [0.4, 0.5) is 0 Å². The topological polar surface area (TPSA) is 28.7 Å². The van der Waals surface area contributed by atoms with Crippen LogP contribution in [0.2, 0.25) is 0 Å². The van der Waals surface area contributed by atoms with Gasteiger partial charge in [0.1, 0.15) is 0 Å². The molecule has 0 radical (unpaired) electrons. The van der Waals surface area contributed by atoms with Gasteiger partial charge in [-0.1, -0.05) is 81.0 Å². The maximum Gasteiger partial charge on any atom is 0.0957 e. The molecular formula is C32H19N2P. The minimum absolute atomic E-state index is 1.03. The van der Waals surface area contributed by atoms with Crippen LogP contribution in [0.3, 0.4) is 0 Å². The normalized spacial score (nSPS) is 12.2. The Morgan fingerprint density at radius 1 is 0.543 bits per heavy atom. The van der Waals surface area contributed by atoms with E-state index in [1.807, 2.05) is 0 Å². The number of pyridine rings is 1. The summed E-state index contributed by atoms with van der Waals surface area (Å²) >= 11 is 0. The van der Waals surface area contributed by atoms with E-state index in [2.05, 4.69) is 114 Å². The third kappa shape index (κ3) is 2.84. The molecule has 0 aliphatic rings. The van der Waals surface area contributed by atoms with Crippen molar-refractivity contribution in [2.75, 3.05) is 0 Å². The molecule has 0 aliphatic carbocycles. The first-order valence-corrected chi connectivity index (χ1v) is 12.7. The molecular weight excluding hydrogens is 443 g/mol. The smallest absolute Gasteiger partial charge is 0.0957 e. The van der Waals surface area contributed by atoms with E-state index in [1.54, 1.807) is 0 Å². The molecule has 0 saturated heterocycles.